The molecule has 0 aliphatic carbocycles. The summed E-state index contributed by atoms with van der Waals surface area (Å²) in [5, 5.41) is 1.51. The van der Waals surface area contributed by atoms with Crippen LogP contribution in [0.4, 0.5) is 17.6 Å². The lowest BCUT2D eigenvalue weighted by atomic mass is 10.2. The largest absolute Gasteiger partial charge is 0.435 e. The smallest absolute Gasteiger partial charge is 0.255 e. The van der Waals surface area contributed by atoms with Crippen molar-refractivity contribution in [3.05, 3.63) is 67.4 Å². The van der Waals surface area contributed by atoms with Gasteiger partial charge in [0.1, 0.15) is 14.7 Å². The Labute approximate surface area is 202 Å². The fraction of sp³-hybridized carbons (Fsp3) is 0.158. The molecule has 0 atom stereocenters. The molecule has 0 radical (unpaired) electrons. The molecule has 11 heteroatoms. The van der Waals surface area contributed by atoms with Gasteiger partial charge in [-0.1, -0.05) is 13.5 Å². The molecular formula is C19H15Br2F4IN4. The maximum Gasteiger partial charge on any atom is 0.435 e. The zero-order valence-corrected chi connectivity index (χ0v) is 19.6. The third-order valence-corrected chi connectivity index (χ3v) is 5.47. The SMILES string of the molecule is Brc1cnc(I)c2ncccc12.C.FC(F)(F)c1ncc(Br)c2cccnc12.[2H]CF. The van der Waals surface area contributed by atoms with E-state index >= 15 is 0 Å². The fourth-order valence-corrected chi connectivity index (χ4v) is 3.67. The lowest BCUT2D eigenvalue weighted by molar-refractivity contribution is -0.139. The molecule has 4 aromatic rings. The van der Waals surface area contributed by atoms with E-state index in [2.05, 4.69) is 74.4 Å². The van der Waals surface area contributed by atoms with Crippen LogP contribution in [0.25, 0.3) is 21.8 Å². The number of hydrogen-bond donors (Lipinski definition) is 0. The Balaban J connectivity index is 0.000000272. The van der Waals surface area contributed by atoms with Crippen molar-refractivity contribution in [1.82, 2.24) is 19.9 Å². The highest BCUT2D eigenvalue weighted by Gasteiger charge is 2.35. The molecule has 4 nitrogen and oxygen atoms in total. The van der Waals surface area contributed by atoms with Crippen LogP contribution in [-0.2, 0) is 6.18 Å². The molecule has 160 valence electrons. The number of alkyl halides is 4. The normalized spacial score (nSPS) is 10.8. The number of rotatable bonds is 0. The van der Waals surface area contributed by atoms with E-state index in [4.69, 9.17) is 1.37 Å². The Kier molecular flexibility index (Phi) is 9.75. The maximum absolute atomic E-state index is 12.5. The minimum absolute atomic E-state index is 0. The van der Waals surface area contributed by atoms with Crippen molar-refractivity contribution >= 4 is 76.3 Å². The average Bonchev–Trinajstić information content (AvgIpc) is 2.72. The van der Waals surface area contributed by atoms with Crippen LogP contribution >= 0.6 is 54.5 Å². The summed E-state index contributed by atoms with van der Waals surface area (Å²) in [6.45, 7) is 0. The Morgan fingerprint density at radius 3 is 1.87 bits per heavy atom. The van der Waals surface area contributed by atoms with Gasteiger partial charge in [-0.05, 0) is 72.6 Å². The lowest BCUT2D eigenvalue weighted by Gasteiger charge is -2.08. The van der Waals surface area contributed by atoms with Crippen molar-refractivity contribution in [2.75, 3.05) is 7.15 Å². The summed E-state index contributed by atoms with van der Waals surface area (Å²) >= 11 is 8.73. The van der Waals surface area contributed by atoms with E-state index < -0.39 is 19.0 Å². The van der Waals surface area contributed by atoms with E-state index in [1.165, 1.54) is 6.20 Å². The van der Waals surface area contributed by atoms with Crippen molar-refractivity contribution in [3.8, 4) is 0 Å². The molecule has 0 aromatic carbocycles. The van der Waals surface area contributed by atoms with Crippen LogP contribution < -0.4 is 0 Å². The first-order valence-electron chi connectivity index (χ1n) is 8.27. The molecule has 4 heterocycles. The Morgan fingerprint density at radius 1 is 0.900 bits per heavy atom. The van der Waals surface area contributed by atoms with Gasteiger partial charge in [0.2, 0.25) is 0 Å². The second kappa shape index (κ2) is 11.8. The third-order valence-electron chi connectivity index (χ3n) is 3.42. The molecule has 0 saturated heterocycles. The first kappa shape index (κ1) is 24.8. The second-order valence-electron chi connectivity index (χ2n) is 5.15. The predicted molar refractivity (Wildman–Crippen MR) is 126 cm³/mol. The Bertz CT molecular complexity index is 1110. The molecule has 0 amide bonds. The Morgan fingerprint density at radius 2 is 1.37 bits per heavy atom. The summed E-state index contributed by atoms with van der Waals surface area (Å²) in [6, 6.07) is 7.08. The summed E-state index contributed by atoms with van der Waals surface area (Å²) in [5.41, 5.74) is -0.145. The van der Waals surface area contributed by atoms with E-state index in [9.17, 15) is 17.6 Å². The standard InChI is InChI=1S/C9H4BrF3N2.C8H4BrIN2.CH3F.CH4/c10-6-4-15-8(9(11,12)13)7-5(6)2-1-3-14-7;9-6-4-12-8(10)7-5(6)2-1-3-11-7;1-2;/h1-4H;1-4H;1H3;1H4/i;;1D;. The van der Waals surface area contributed by atoms with Gasteiger partial charge in [0.25, 0.3) is 0 Å². The highest BCUT2D eigenvalue weighted by Crippen LogP contribution is 2.34. The van der Waals surface area contributed by atoms with E-state index in [1.807, 2.05) is 12.1 Å². The van der Waals surface area contributed by atoms with Crippen molar-refractivity contribution < 1.29 is 18.9 Å². The molecule has 0 saturated carbocycles. The van der Waals surface area contributed by atoms with Crippen LogP contribution in [0.15, 0.2) is 58.0 Å². The van der Waals surface area contributed by atoms with Gasteiger partial charge in [-0.15, -0.1) is 0 Å². The van der Waals surface area contributed by atoms with Crippen LogP contribution in [0.5, 0.6) is 0 Å². The minimum Gasteiger partial charge on any atom is -0.255 e. The molecule has 0 unspecified atom stereocenters. The molecule has 0 aliphatic rings. The van der Waals surface area contributed by atoms with Crippen molar-refractivity contribution in [2.45, 2.75) is 13.6 Å². The fourth-order valence-electron chi connectivity index (χ4n) is 2.25. The molecule has 4 aromatic heterocycles. The molecule has 0 spiro atoms. The average molecular weight is 663 g/mol. The van der Waals surface area contributed by atoms with Crippen LogP contribution in [0, 0.1) is 3.70 Å². The quantitative estimate of drug-likeness (QED) is 0.110. The zero-order valence-electron chi connectivity index (χ0n) is 15.3. The number of hydrogen-bond acceptors (Lipinski definition) is 4. The van der Waals surface area contributed by atoms with Gasteiger partial charge >= 0.3 is 6.18 Å². The van der Waals surface area contributed by atoms with Gasteiger partial charge in [0, 0.05) is 44.5 Å². The number of halogens is 7. The zero-order chi connectivity index (χ0) is 22.3. The highest BCUT2D eigenvalue weighted by molar-refractivity contribution is 14.1. The van der Waals surface area contributed by atoms with Crippen LogP contribution in [0.1, 0.15) is 14.5 Å². The van der Waals surface area contributed by atoms with E-state index in [1.54, 1.807) is 24.5 Å². The van der Waals surface area contributed by atoms with Gasteiger partial charge in [-0.3, -0.25) is 14.4 Å². The van der Waals surface area contributed by atoms with Crippen LogP contribution in [-0.4, -0.2) is 27.1 Å². The van der Waals surface area contributed by atoms with E-state index in [-0.39, 0.29) is 12.9 Å². The topological polar surface area (TPSA) is 51.6 Å². The predicted octanol–water partition coefficient (Wildman–Crippen LogP) is 7.63. The maximum atomic E-state index is 12.5. The monoisotopic (exact) mass is 661 g/mol. The first-order chi connectivity index (χ1) is 14.2. The summed E-state index contributed by atoms with van der Waals surface area (Å²) in [4.78, 5) is 15.5. The molecule has 30 heavy (non-hydrogen) atoms. The van der Waals surface area contributed by atoms with Crippen LogP contribution in [0.2, 0.25) is 0 Å². The minimum atomic E-state index is -4.48. The number of fused-ring (bicyclic) bond motifs is 2. The Hall–Kier alpha value is -1.47. The number of aromatic nitrogens is 4. The van der Waals surface area contributed by atoms with E-state index in [0.29, 0.717) is 9.86 Å². The summed E-state index contributed by atoms with van der Waals surface area (Å²) in [7, 11) is -1.00. The lowest BCUT2D eigenvalue weighted by Crippen LogP contribution is -2.09. The second-order valence-corrected chi connectivity index (χ2v) is 7.88. The van der Waals surface area contributed by atoms with Crippen molar-refractivity contribution in [2.24, 2.45) is 0 Å². The molecule has 0 fully saturated rings. The van der Waals surface area contributed by atoms with Gasteiger partial charge in [0.15, 0.2) is 5.69 Å². The summed E-state index contributed by atoms with van der Waals surface area (Å²) < 4.78 is 55.5. The number of nitrogens with zero attached hydrogens (tertiary/aromatic N) is 4. The number of pyridine rings is 4. The van der Waals surface area contributed by atoms with Gasteiger partial charge in [0.05, 0.1) is 8.52 Å². The van der Waals surface area contributed by atoms with Crippen molar-refractivity contribution in [1.29, 1.82) is 0 Å². The summed E-state index contributed by atoms with van der Waals surface area (Å²) in [5.74, 6) is 0. The summed E-state index contributed by atoms with van der Waals surface area (Å²) in [6.07, 6.45) is 1.54. The first-order valence-corrected chi connectivity index (χ1v) is 10.2. The highest BCUT2D eigenvalue weighted by atomic mass is 127. The third kappa shape index (κ3) is 6.27. The molecule has 0 bridgehead atoms. The molecular weight excluding hydrogens is 647 g/mol. The van der Waals surface area contributed by atoms with E-state index in [0.717, 1.165) is 25.3 Å². The molecule has 0 N–H and O–H groups in total. The van der Waals surface area contributed by atoms with Crippen LogP contribution in [0.3, 0.4) is 0 Å². The van der Waals surface area contributed by atoms with Crippen molar-refractivity contribution in [3.63, 3.8) is 0 Å². The van der Waals surface area contributed by atoms with Gasteiger partial charge in [-0.25, -0.2) is 9.97 Å². The molecule has 0 aliphatic heterocycles. The van der Waals surface area contributed by atoms with Gasteiger partial charge < -0.3 is 0 Å². The molecule has 4 rings (SSSR count). The van der Waals surface area contributed by atoms with Gasteiger partial charge in [-0.2, -0.15) is 13.2 Å².